The van der Waals surface area contributed by atoms with Gasteiger partial charge in [-0.05, 0) is 12.8 Å². The number of carbonyl (C=O) groups is 1. The van der Waals surface area contributed by atoms with Gasteiger partial charge in [-0.2, -0.15) is 0 Å². The number of aliphatic hydroxyl groups excluding tert-OH is 1. The van der Waals surface area contributed by atoms with Gasteiger partial charge in [-0.3, -0.25) is 4.79 Å². The fraction of sp³-hybridized carbons (Fsp3) is 0.833. The Morgan fingerprint density at radius 3 is 2.40 bits per heavy atom. The molecule has 2 atom stereocenters. The van der Waals surface area contributed by atoms with Crippen molar-refractivity contribution in [3.63, 3.8) is 0 Å². The van der Waals surface area contributed by atoms with Crippen LogP contribution in [0.5, 0.6) is 0 Å². The molecule has 0 spiro atoms. The van der Waals surface area contributed by atoms with Crippen molar-refractivity contribution in [3.05, 3.63) is 0 Å². The molecule has 0 aliphatic carbocycles. The van der Waals surface area contributed by atoms with Crippen molar-refractivity contribution in [2.45, 2.75) is 26.0 Å². The Morgan fingerprint density at radius 1 is 1.60 bits per heavy atom. The van der Waals surface area contributed by atoms with E-state index >= 15 is 0 Å². The van der Waals surface area contributed by atoms with E-state index in [1.165, 1.54) is 0 Å². The Kier molecular flexibility index (Phi) is 3.99. The van der Waals surface area contributed by atoms with Crippen molar-refractivity contribution >= 4 is 5.97 Å². The van der Waals surface area contributed by atoms with E-state index in [0.29, 0.717) is 12.8 Å². The van der Waals surface area contributed by atoms with E-state index < -0.39 is 18.1 Å². The molecule has 0 aromatic rings. The highest BCUT2D eigenvalue weighted by Crippen LogP contribution is 2.05. The van der Waals surface area contributed by atoms with Crippen LogP contribution in [-0.2, 0) is 4.79 Å². The van der Waals surface area contributed by atoms with Gasteiger partial charge < -0.3 is 15.9 Å². The molecule has 0 aliphatic heterocycles. The second-order valence-corrected chi connectivity index (χ2v) is 2.38. The molecule has 0 fully saturated rings. The molecule has 0 radical (unpaired) electrons. The van der Waals surface area contributed by atoms with Crippen LogP contribution in [0.2, 0.25) is 0 Å². The second-order valence-electron chi connectivity index (χ2n) is 2.38. The fourth-order valence-corrected chi connectivity index (χ4v) is 0.544. The van der Waals surface area contributed by atoms with Crippen LogP contribution in [0, 0.1) is 5.92 Å². The fourth-order valence-electron chi connectivity index (χ4n) is 0.544. The molecule has 0 bridgehead atoms. The van der Waals surface area contributed by atoms with Crippen LogP contribution in [0.3, 0.4) is 0 Å². The number of aliphatic hydroxyl groups is 1. The van der Waals surface area contributed by atoms with E-state index in [1.54, 1.807) is 6.92 Å². The first-order valence-corrected chi connectivity index (χ1v) is 3.20. The summed E-state index contributed by atoms with van der Waals surface area (Å²) < 4.78 is 0. The van der Waals surface area contributed by atoms with Gasteiger partial charge in [0.05, 0.1) is 5.92 Å². The number of nitrogens with two attached hydrogens (primary N) is 1. The van der Waals surface area contributed by atoms with Gasteiger partial charge in [0, 0.05) is 0 Å². The minimum atomic E-state index is -0.887. The molecule has 0 aliphatic rings. The first-order chi connectivity index (χ1) is 4.54. The molecule has 0 aromatic heterocycles. The molecule has 0 heterocycles. The Hall–Kier alpha value is -0.610. The summed E-state index contributed by atoms with van der Waals surface area (Å²) in [6.07, 6.45) is -0.123. The maximum atomic E-state index is 10.2. The average Bonchev–Trinajstić information content (AvgIpc) is 1.82. The summed E-state index contributed by atoms with van der Waals surface area (Å²) in [5.74, 6) is -1.26. The molecule has 0 saturated carbocycles. The zero-order chi connectivity index (χ0) is 8.15. The predicted molar refractivity (Wildman–Crippen MR) is 36.2 cm³/mol. The molecule has 4 N–H and O–H groups in total. The van der Waals surface area contributed by atoms with Crippen LogP contribution in [0.25, 0.3) is 0 Å². The summed E-state index contributed by atoms with van der Waals surface area (Å²) in [7, 11) is 0. The molecule has 0 rings (SSSR count). The average molecular weight is 147 g/mol. The molecule has 4 nitrogen and oxygen atoms in total. The Balaban J connectivity index is 3.40. The van der Waals surface area contributed by atoms with Gasteiger partial charge in [-0.1, -0.05) is 6.92 Å². The maximum Gasteiger partial charge on any atom is 0.306 e. The minimum absolute atomic E-state index is 0.341. The first kappa shape index (κ1) is 9.39. The van der Waals surface area contributed by atoms with Gasteiger partial charge in [0.25, 0.3) is 0 Å². The molecule has 60 valence electrons. The van der Waals surface area contributed by atoms with Crippen molar-refractivity contribution in [2.75, 3.05) is 0 Å². The molecule has 4 heteroatoms. The van der Waals surface area contributed by atoms with E-state index in [2.05, 4.69) is 0 Å². The summed E-state index contributed by atoms with van der Waals surface area (Å²) in [5, 5.41) is 16.9. The topological polar surface area (TPSA) is 83.5 Å². The normalized spacial score (nSPS) is 16.3. The lowest BCUT2D eigenvalue weighted by Gasteiger charge is -2.06. The van der Waals surface area contributed by atoms with Crippen molar-refractivity contribution < 1.29 is 15.0 Å². The third-order valence-corrected chi connectivity index (χ3v) is 1.32. The molecule has 0 saturated heterocycles. The highest BCUT2D eigenvalue weighted by Gasteiger charge is 2.10. The Labute approximate surface area is 59.7 Å². The molecule has 0 aromatic carbocycles. The van der Waals surface area contributed by atoms with Gasteiger partial charge in [0.15, 0.2) is 0 Å². The summed E-state index contributed by atoms with van der Waals surface area (Å²) in [6.45, 7) is 1.59. The second kappa shape index (κ2) is 4.24. The molecular weight excluding hydrogens is 134 g/mol. The quantitative estimate of drug-likeness (QED) is 0.479. The lowest BCUT2D eigenvalue weighted by Crippen LogP contribution is -2.21. The van der Waals surface area contributed by atoms with Crippen molar-refractivity contribution in [1.82, 2.24) is 0 Å². The van der Waals surface area contributed by atoms with Crippen LogP contribution in [0.1, 0.15) is 19.8 Å². The molecule has 0 amide bonds. The first-order valence-electron chi connectivity index (χ1n) is 3.20. The van der Waals surface area contributed by atoms with E-state index in [4.69, 9.17) is 15.9 Å². The van der Waals surface area contributed by atoms with Crippen LogP contribution in [0.15, 0.2) is 0 Å². The zero-order valence-electron chi connectivity index (χ0n) is 5.95. The standard InChI is InChI=1S/C6H13NO3/c1-4(6(9)10)2-3-5(7)8/h4-5,8H,2-3,7H2,1H3,(H,9,10). The van der Waals surface area contributed by atoms with Crippen LogP contribution < -0.4 is 5.73 Å². The van der Waals surface area contributed by atoms with Gasteiger partial charge in [-0.25, -0.2) is 0 Å². The smallest absolute Gasteiger partial charge is 0.306 e. The van der Waals surface area contributed by atoms with Crippen LogP contribution in [-0.4, -0.2) is 22.4 Å². The lowest BCUT2D eigenvalue weighted by atomic mass is 10.1. The van der Waals surface area contributed by atoms with Crippen LogP contribution in [0.4, 0.5) is 0 Å². The zero-order valence-corrected chi connectivity index (χ0v) is 5.95. The number of carboxylic acid groups (broad SMARTS) is 1. The number of carboxylic acids is 1. The van der Waals surface area contributed by atoms with E-state index in [9.17, 15) is 4.79 Å². The molecule has 2 unspecified atom stereocenters. The Bertz CT molecular complexity index is 114. The van der Waals surface area contributed by atoms with Gasteiger partial charge in [-0.15, -0.1) is 0 Å². The number of rotatable bonds is 4. The predicted octanol–water partition coefficient (Wildman–Crippen LogP) is -0.236. The van der Waals surface area contributed by atoms with Crippen LogP contribution >= 0.6 is 0 Å². The summed E-state index contributed by atoms with van der Waals surface area (Å²) in [5.41, 5.74) is 5.00. The largest absolute Gasteiger partial charge is 0.481 e. The number of hydrogen-bond acceptors (Lipinski definition) is 3. The highest BCUT2D eigenvalue weighted by molar-refractivity contribution is 5.69. The Morgan fingerprint density at radius 2 is 2.10 bits per heavy atom. The van der Waals surface area contributed by atoms with Gasteiger partial charge in [0.2, 0.25) is 0 Å². The SMILES string of the molecule is CC(CCC(N)O)C(=O)O. The number of aliphatic carboxylic acids is 1. The highest BCUT2D eigenvalue weighted by atomic mass is 16.4. The van der Waals surface area contributed by atoms with E-state index in [1.807, 2.05) is 0 Å². The lowest BCUT2D eigenvalue weighted by molar-refractivity contribution is -0.141. The van der Waals surface area contributed by atoms with Crippen molar-refractivity contribution in [1.29, 1.82) is 0 Å². The number of hydrogen-bond donors (Lipinski definition) is 3. The van der Waals surface area contributed by atoms with Crippen molar-refractivity contribution in [2.24, 2.45) is 11.7 Å². The van der Waals surface area contributed by atoms with Crippen molar-refractivity contribution in [3.8, 4) is 0 Å². The maximum absolute atomic E-state index is 10.2. The third kappa shape index (κ3) is 4.29. The summed E-state index contributed by atoms with van der Waals surface area (Å²) >= 11 is 0. The summed E-state index contributed by atoms with van der Waals surface area (Å²) in [4.78, 5) is 10.2. The van der Waals surface area contributed by atoms with Gasteiger partial charge in [0.1, 0.15) is 6.23 Å². The monoisotopic (exact) mass is 147 g/mol. The van der Waals surface area contributed by atoms with Gasteiger partial charge >= 0.3 is 5.97 Å². The van der Waals surface area contributed by atoms with E-state index in [-0.39, 0.29) is 0 Å². The third-order valence-electron chi connectivity index (χ3n) is 1.32. The molecular formula is C6H13NO3. The minimum Gasteiger partial charge on any atom is -0.481 e. The molecule has 10 heavy (non-hydrogen) atoms. The summed E-state index contributed by atoms with van der Waals surface area (Å²) in [6, 6.07) is 0. The van der Waals surface area contributed by atoms with E-state index in [0.717, 1.165) is 0 Å².